The van der Waals surface area contributed by atoms with Crippen molar-refractivity contribution in [2.75, 3.05) is 16.2 Å². The number of hydrogen-bond acceptors (Lipinski definition) is 4. The fraction of sp³-hybridized carbons (Fsp3) is 0.133. The summed E-state index contributed by atoms with van der Waals surface area (Å²) in [6, 6.07) is 29.3. The molecule has 8 heteroatoms. The quantitative estimate of drug-likeness (QED) is 0.320. The summed E-state index contributed by atoms with van der Waals surface area (Å²) in [5.74, 6) is 0.527. The Balaban J connectivity index is 1.22. The Morgan fingerprint density at radius 2 is 1.63 bits per heavy atom. The molecule has 190 valence electrons. The summed E-state index contributed by atoms with van der Waals surface area (Å²) in [4.78, 5) is 17.8. The van der Waals surface area contributed by atoms with E-state index < -0.39 is 10.0 Å². The van der Waals surface area contributed by atoms with Crippen molar-refractivity contribution >= 4 is 38.3 Å². The molecule has 0 saturated heterocycles. The summed E-state index contributed by atoms with van der Waals surface area (Å²) in [5.41, 5.74) is 5.47. The number of hydrogen-bond donors (Lipinski definition) is 1. The molecule has 0 aliphatic carbocycles. The Hall–Kier alpha value is -4.43. The number of nitrogens with zero attached hydrogens (tertiary/aromatic N) is 3. The van der Waals surface area contributed by atoms with Gasteiger partial charge in [-0.2, -0.15) is 0 Å². The predicted molar refractivity (Wildman–Crippen MR) is 149 cm³/mol. The van der Waals surface area contributed by atoms with E-state index in [4.69, 9.17) is 0 Å². The highest BCUT2D eigenvalue weighted by Crippen LogP contribution is 2.32. The van der Waals surface area contributed by atoms with E-state index in [9.17, 15) is 13.2 Å². The van der Waals surface area contributed by atoms with Gasteiger partial charge in [-0.3, -0.25) is 13.7 Å². The van der Waals surface area contributed by atoms with Crippen LogP contribution in [0.4, 0.5) is 11.4 Å². The molecular weight excluding hydrogens is 496 g/mol. The number of nitrogens with one attached hydrogen (secondary N) is 1. The molecule has 0 saturated carbocycles. The van der Waals surface area contributed by atoms with Crippen LogP contribution in [-0.4, -0.2) is 30.4 Å². The summed E-state index contributed by atoms with van der Waals surface area (Å²) >= 11 is 0. The molecule has 0 atom stereocenters. The lowest BCUT2D eigenvalue weighted by molar-refractivity contribution is 0.102. The number of carbonyl (C=O) groups is 1. The molecular formula is C30H26N4O3S. The molecule has 7 nitrogen and oxygen atoms in total. The molecule has 0 spiro atoms. The van der Waals surface area contributed by atoms with Crippen molar-refractivity contribution in [1.82, 2.24) is 9.55 Å². The van der Waals surface area contributed by atoms with E-state index in [1.807, 2.05) is 79.7 Å². The Morgan fingerprint density at radius 3 is 2.42 bits per heavy atom. The maximum Gasteiger partial charge on any atom is 0.264 e. The van der Waals surface area contributed by atoms with Crippen LogP contribution in [0.3, 0.4) is 0 Å². The smallest absolute Gasteiger partial charge is 0.264 e. The zero-order valence-corrected chi connectivity index (χ0v) is 21.7. The highest BCUT2D eigenvalue weighted by atomic mass is 32.2. The van der Waals surface area contributed by atoms with Crippen LogP contribution in [0.15, 0.2) is 102 Å². The third-order valence-electron chi connectivity index (χ3n) is 6.87. The predicted octanol–water partition coefficient (Wildman–Crippen LogP) is 5.73. The van der Waals surface area contributed by atoms with Gasteiger partial charge in [-0.05, 0) is 86.0 Å². The molecule has 1 amide bonds. The summed E-state index contributed by atoms with van der Waals surface area (Å²) in [6.45, 7) is 2.38. The molecule has 1 aromatic heterocycles. The summed E-state index contributed by atoms with van der Waals surface area (Å²) in [5, 5.41) is 2.91. The number of aryl methyl sites for hydroxylation is 2. The van der Waals surface area contributed by atoms with Gasteiger partial charge in [-0.15, -0.1) is 0 Å². The number of imidazole rings is 1. The maximum atomic E-state index is 13.4. The molecule has 0 bridgehead atoms. The van der Waals surface area contributed by atoms with Crippen LogP contribution >= 0.6 is 0 Å². The van der Waals surface area contributed by atoms with Crippen LogP contribution in [0.25, 0.3) is 16.7 Å². The second-order valence-corrected chi connectivity index (χ2v) is 11.2. The van der Waals surface area contributed by atoms with E-state index in [-0.39, 0.29) is 10.8 Å². The van der Waals surface area contributed by atoms with Gasteiger partial charge in [0, 0.05) is 23.5 Å². The number of rotatable bonds is 5. The molecule has 2 heterocycles. The van der Waals surface area contributed by atoms with Crippen LogP contribution < -0.4 is 9.62 Å². The third kappa shape index (κ3) is 4.22. The second-order valence-electron chi connectivity index (χ2n) is 9.32. The number of fused-ring (bicyclic) bond motifs is 2. The molecule has 1 aliphatic heterocycles. The van der Waals surface area contributed by atoms with Gasteiger partial charge in [0.2, 0.25) is 0 Å². The zero-order chi connectivity index (χ0) is 26.3. The van der Waals surface area contributed by atoms with Crippen molar-refractivity contribution in [1.29, 1.82) is 0 Å². The molecule has 5 aromatic rings. The van der Waals surface area contributed by atoms with Crippen LogP contribution in [0, 0.1) is 6.92 Å². The lowest BCUT2D eigenvalue weighted by Gasteiger charge is -2.30. The fourth-order valence-corrected chi connectivity index (χ4v) is 6.58. The minimum atomic E-state index is -3.73. The average molecular weight is 523 g/mol. The summed E-state index contributed by atoms with van der Waals surface area (Å²) < 4.78 is 30.3. The number of anilines is 2. The second kappa shape index (κ2) is 9.46. The first-order chi connectivity index (χ1) is 18.4. The molecule has 0 unspecified atom stereocenters. The van der Waals surface area contributed by atoms with Crippen molar-refractivity contribution < 1.29 is 13.2 Å². The highest BCUT2D eigenvalue weighted by molar-refractivity contribution is 7.92. The number of amides is 1. The van der Waals surface area contributed by atoms with E-state index >= 15 is 0 Å². The van der Waals surface area contributed by atoms with Crippen LogP contribution in [0.5, 0.6) is 0 Å². The Bertz CT molecular complexity index is 1760. The average Bonchev–Trinajstić information content (AvgIpc) is 3.28. The standard InChI is InChI=1S/C30H26N4O3S/c1-21-31-27-20-24(15-18-29(27)34(21)25-10-3-2-4-11-25)32-30(35)23-13-16-26(17-14-23)38(36,37)33-19-7-9-22-8-5-6-12-28(22)33/h2-6,8,10-18,20H,7,9,19H2,1H3,(H,32,35). The number of benzene rings is 4. The molecule has 38 heavy (non-hydrogen) atoms. The first kappa shape index (κ1) is 23.9. The topological polar surface area (TPSA) is 84.3 Å². The normalized spacial score (nSPS) is 13.3. The number of aromatic nitrogens is 2. The monoisotopic (exact) mass is 522 g/mol. The molecule has 0 fully saturated rings. The first-order valence-corrected chi connectivity index (χ1v) is 13.9. The maximum absolute atomic E-state index is 13.4. The summed E-state index contributed by atoms with van der Waals surface area (Å²) in [7, 11) is -3.73. The number of carbonyl (C=O) groups excluding carboxylic acids is 1. The van der Waals surface area contributed by atoms with E-state index in [0.717, 1.165) is 46.6 Å². The van der Waals surface area contributed by atoms with E-state index in [1.54, 1.807) is 12.1 Å². The number of sulfonamides is 1. The van der Waals surface area contributed by atoms with Gasteiger partial charge in [-0.1, -0.05) is 36.4 Å². The zero-order valence-electron chi connectivity index (χ0n) is 20.8. The Morgan fingerprint density at radius 1 is 0.895 bits per heavy atom. The van der Waals surface area contributed by atoms with Gasteiger partial charge in [-0.25, -0.2) is 13.4 Å². The molecule has 1 N–H and O–H groups in total. The van der Waals surface area contributed by atoms with Gasteiger partial charge in [0.25, 0.3) is 15.9 Å². The largest absolute Gasteiger partial charge is 0.322 e. The van der Waals surface area contributed by atoms with Gasteiger partial charge in [0.15, 0.2) is 0 Å². The van der Waals surface area contributed by atoms with Gasteiger partial charge in [0.05, 0.1) is 21.6 Å². The van der Waals surface area contributed by atoms with Crippen molar-refractivity contribution in [3.8, 4) is 5.69 Å². The van der Waals surface area contributed by atoms with Crippen LogP contribution in [-0.2, 0) is 16.4 Å². The van der Waals surface area contributed by atoms with Crippen molar-refractivity contribution in [2.45, 2.75) is 24.7 Å². The van der Waals surface area contributed by atoms with Crippen molar-refractivity contribution in [2.24, 2.45) is 0 Å². The molecule has 1 aliphatic rings. The Labute approximate surface area is 221 Å². The lowest BCUT2D eigenvalue weighted by Crippen LogP contribution is -2.35. The first-order valence-electron chi connectivity index (χ1n) is 12.5. The highest BCUT2D eigenvalue weighted by Gasteiger charge is 2.29. The van der Waals surface area contributed by atoms with Crippen LogP contribution in [0.2, 0.25) is 0 Å². The van der Waals surface area contributed by atoms with E-state index in [1.165, 1.54) is 16.4 Å². The van der Waals surface area contributed by atoms with Gasteiger partial charge < -0.3 is 5.32 Å². The number of para-hydroxylation sites is 2. The molecule has 6 rings (SSSR count). The Kier molecular flexibility index (Phi) is 5.96. The summed E-state index contributed by atoms with van der Waals surface area (Å²) in [6.07, 6.45) is 1.63. The SMILES string of the molecule is Cc1nc2cc(NC(=O)c3ccc(S(=O)(=O)N4CCCc5ccccc54)cc3)ccc2n1-c1ccccc1. The van der Waals surface area contributed by atoms with Gasteiger partial charge >= 0.3 is 0 Å². The minimum absolute atomic E-state index is 0.161. The molecule has 0 radical (unpaired) electrons. The minimum Gasteiger partial charge on any atom is -0.322 e. The van der Waals surface area contributed by atoms with Crippen molar-refractivity contribution in [3.05, 3.63) is 114 Å². The van der Waals surface area contributed by atoms with E-state index in [0.29, 0.717) is 17.8 Å². The molecule has 4 aromatic carbocycles. The van der Waals surface area contributed by atoms with Crippen LogP contribution in [0.1, 0.15) is 28.2 Å². The van der Waals surface area contributed by atoms with Gasteiger partial charge in [0.1, 0.15) is 5.82 Å². The lowest BCUT2D eigenvalue weighted by atomic mass is 10.0. The fourth-order valence-electron chi connectivity index (χ4n) is 5.04. The third-order valence-corrected chi connectivity index (χ3v) is 8.69. The van der Waals surface area contributed by atoms with Crippen molar-refractivity contribution in [3.63, 3.8) is 0 Å². The van der Waals surface area contributed by atoms with E-state index in [2.05, 4.69) is 14.9 Å².